The highest BCUT2D eigenvalue weighted by Gasteiger charge is 2.07. The molecule has 20 heavy (non-hydrogen) atoms. The Morgan fingerprint density at radius 2 is 1.55 bits per heavy atom. The number of aromatic hydroxyl groups is 1. The molecule has 0 heterocycles. The number of phenolic OH excluding ortho intramolecular Hbond substituents is 1. The highest BCUT2D eigenvalue weighted by Crippen LogP contribution is 2.21. The number of hydrogen-bond acceptors (Lipinski definition) is 2. The lowest BCUT2D eigenvalue weighted by atomic mass is 10.1. The second kappa shape index (κ2) is 5.05. The summed E-state index contributed by atoms with van der Waals surface area (Å²) < 4.78 is 0. The lowest BCUT2D eigenvalue weighted by Gasteiger charge is -2.06. The monoisotopic (exact) mass is 263 g/mol. The van der Waals surface area contributed by atoms with Crippen molar-refractivity contribution in [1.29, 1.82) is 0 Å². The Hall–Kier alpha value is -2.81. The standard InChI is InChI=1S/C17H13NO2/c19-16-9-8-12-10-14(7-6-13(12)11-16)17(20)18-15-4-2-1-3-5-15/h1-11,19H,(H,18,20). The van der Waals surface area contributed by atoms with Crippen molar-refractivity contribution in [1.82, 2.24) is 0 Å². The van der Waals surface area contributed by atoms with Crippen LogP contribution in [0.5, 0.6) is 5.75 Å². The molecule has 2 N–H and O–H groups in total. The van der Waals surface area contributed by atoms with Crippen LogP contribution < -0.4 is 5.32 Å². The van der Waals surface area contributed by atoms with E-state index in [1.165, 1.54) is 0 Å². The van der Waals surface area contributed by atoms with Gasteiger partial charge in [0.2, 0.25) is 0 Å². The van der Waals surface area contributed by atoms with Crippen molar-refractivity contribution in [3.63, 3.8) is 0 Å². The molecule has 98 valence electrons. The molecule has 0 aliphatic rings. The van der Waals surface area contributed by atoms with Gasteiger partial charge in [0.1, 0.15) is 5.75 Å². The molecule has 0 fully saturated rings. The van der Waals surface area contributed by atoms with Crippen LogP contribution in [0.3, 0.4) is 0 Å². The zero-order chi connectivity index (χ0) is 13.9. The van der Waals surface area contributed by atoms with Gasteiger partial charge < -0.3 is 10.4 Å². The molecule has 0 spiro atoms. The molecule has 1 amide bonds. The molecule has 3 aromatic carbocycles. The molecule has 0 aliphatic heterocycles. The average molecular weight is 263 g/mol. The molecule has 0 atom stereocenters. The lowest BCUT2D eigenvalue weighted by Crippen LogP contribution is -2.11. The summed E-state index contributed by atoms with van der Waals surface area (Å²) >= 11 is 0. The van der Waals surface area contributed by atoms with Crippen LogP contribution in [0.15, 0.2) is 66.7 Å². The summed E-state index contributed by atoms with van der Waals surface area (Å²) in [6.45, 7) is 0. The number of rotatable bonds is 2. The fourth-order valence-corrected chi connectivity index (χ4v) is 2.10. The molecule has 3 nitrogen and oxygen atoms in total. The summed E-state index contributed by atoms with van der Waals surface area (Å²) in [7, 11) is 0. The van der Waals surface area contributed by atoms with Gasteiger partial charge in [0.05, 0.1) is 0 Å². The van der Waals surface area contributed by atoms with E-state index in [-0.39, 0.29) is 11.7 Å². The summed E-state index contributed by atoms with van der Waals surface area (Å²) in [5, 5.41) is 14.1. The Labute approximate surface area is 116 Å². The van der Waals surface area contributed by atoms with Gasteiger partial charge in [-0.15, -0.1) is 0 Å². The van der Waals surface area contributed by atoms with Crippen LogP contribution >= 0.6 is 0 Å². The molecule has 0 saturated heterocycles. The van der Waals surface area contributed by atoms with Gasteiger partial charge in [-0.05, 0) is 47.2 Å². The van der Waals surface area contributed by atoms with Crippen LogP contribution in [0.1, 0.15) is 10.4 Å². The van der Waals surface area contributed by atoms with E-state index in [1.54, 1.807) is 24.3 Å². The van der Waals surface area contributed by atoms with Gasteiger partial charge in [0.15, 0.2) is 0 Å². The molecule has 0 aliphatic carbocycles. The smallest absolute Gasteiger partial charge is 0.255 e. The van der Waals surface area contributed by atoms with E-state index in [4.69, 9.17) is 0 Å². The minimum Gasteiger partial charge on any atom is -0.508 e. The van der Waals surface area contributed by atoms with Crippen LogP contribution in [0.2, 0.25) is 0 Å². The fraction of sp³-hybridized carbons (Fsp3) is 0. The SMILES string of the molecule is O=C(Nc1ccccc1)c1ccc2cc(O)ccc2c1. The van der Waals surface area contributed by atoms with Crippen molar-refractivity contribution in [2.45, 2.75) is 0 Å². The highest BCUT2D eigenvalue weighted by atomic mass is 16.3. The normalized spacial score (nSPS) is 10.4. The summed E-state index contributed by atoms with van der Waals surface area (Å²) in [5.41, 5.74) is 1.36. The van der Waals surface area contributed by atoms with Crippen LogP contribution in [-0.4, -0.2) is 11.0 Å². The van der Waals surface area contributed by atoms with Crippen molar-refractivity contribution in [3.05, 3.63) is 72.3 Å². The summed E-state index contributed by atoms with van der Waals surface area (Å²) in [5.74, 6) is 0.0742. The van der Waals surface area contributed by atoms with Crippen molar-refractivity contribution in [3.8, 4) is 5.75 Å². The van der Waals surface area contributed by atoms with Gasteiger partial charge >= 0.3 is 0 Å². The number of anilines is 1. The van der Waals surface area contributed by atoms with Gasteiger partial charge in [-0.1, -0.05) is 30.3 Å². The van der Waals surface area contributed by atoms with Crippen molar-refractivity contribution in [2.24, 2.45) is 0 Å². The second-order valence-corrected chi connectivity index (χ2v) is 4.57. The van der Waals surface area contributed by atoms with Gasteiger partial charge in [0, 0.05) is 11.3 Å². The zero-order valence-electron chi connectivity index (χ0n) is 10.7. The van der Waals surface area contributed by atoms with Crippen molar-refractivity contribution in [2.75, 3.05) is 5.32 Å². The molecular weight excluding hydrogens is 250 g/mol. The van der Waals surface area contributed by atoms with Gasteiger partial charge in [-0.3, -0.25) is 4.79 Å². The van der Waals surface area contributed by atoms with Crippen LogP contribution in [0, 0.1) is 0 Å². The van der Waals surface area contributed by atoms with Gasteiger partial charge in [0.25, 0.3) is 5.91 Å². The van der Waals surface area contributed by atoms with Crippen molar-refractivity contribution < 1.29 is 9.90 Å². The summed E-state index contributed by atoms with van der Waals surface area (Å²) in [6, 6.07) is 19.8. The number of para-hydroxylation sites is 1. The maximum absolute atomic E-state index is 12.2. The third kappa shape index (κ3) is 2.47. The molecule has 0 saturated carbocycles. The van der Waals surface area contributed by atoms with E-state index in [0.717, 1.165) is 16.5 Å². The summed E-state index contributed by atoms with van der Waals surface area (Å²) in [4.78, 5) is 12.2. The first-order valence-electron chi connectivity index (χ1n) is 6.31. The number of amides is 1. The quantitative estimate of drug-likeness (QED) is 0.738. The Kier molecular flexibility index (Phi) is 3.09. The molecule has 3 rings (SSSR count). The Balaban J connectivity index is 1.90. The van der Waals surface area contributed by atoms with E-state index in [0.29, 0.717) is 5.56 Å². The average Bonchev–Trinajstić information content (AvgIpc) is 2.47. The molecule has 3 aromatic rings. The fourth-order valence-electron chi connectivity index (χ4n) is 2.10. The van der Waals surface area contributed by atoms with Crippen LogP contribution in [-0.2, 0) is 0 Å². The maximum Gasteiger partial charge on any atom is 0.255 e. The number of phenols is 1. The first kappa shape index (κ1) is 12.2. The largest absolute Gasteiger partial charge is 0.508 e. The predicted octanol–water partition coefficient (Wildman–Crippen LogP) is 3.80. The molecule has 0 radical (unpaired) electrons. The van der Waals surface area contributed by atoms with Gasteiger partial charge in [-0.2, -0.15) is 0 Å². The Morgan fingerprint density at radius 1 is 0.850 bits per heavy atom. The minimum atomic E-state index is -0.147. The number of carbonyl (C=O) groups is 1. The first-order valence-corrected chi connectivity index (χ1v) is 6.31. The molecular formula is C17H13NO2. The van der Waals surface area contributed by atoms with Crippen LogP contribution in [0.4, 0.5) is 5.69 Å². The third-order valence-corrected chi connectivity index (χ3v) is 3.12. The number of carbonyl (C=O) groups excluding carboxylic acids is 1. The highest BCUT2D eigenvalue weighted by molar-refractivity contribution is 6.06. The molecule has 0 aromatic heterocycles. The first-order chi connectivity index (χ1) is 9.72. The van der Waals surface area contributed by atoms with E-state index < -0.39 is 0 Å². The Bertz CT molecular complexity index is 766. The zero-order valence-corrected chi connectivity index (χ0v) is 10.7. The number of nitrogens with one attached hydrogen (secondary N) is 1. The number of benzene rings is 3. The van der Waals surface area contributed by atoms with E-state index >= 15 is 0 Å². The predicted molar refractivity (Wildman–Crippen MR) is 80.0 cm³/mol. The lowest BCUT2D eigenvalue weighted by molar-refractivity contribution is 0.102. The number of fused-ring (bicyclic) bond motifs is 1. The molecule has 0 unspecified atom stereocenters. The maximum atomic E-state index is 12.2. The van der Waals surface area contributed by atoms with E-state index in [1.807, 2.05) is 42.5 Å². The summed E-state index contributed by atoms with van der Waals surface area (Å²) in [6.07, 6.45) is 0. The third-order valence-electron chi connectivity index (χ3n) is 3.12. The Morgan fingerprint density at radius 3 is 2.35 bits per heavy atom. The number of hydrogen-bond donors (Lipinski definition) is 2. The van der Waals surface area contributed by atoms with E-state index in [2.05, 4.69) is 5.32 Å². The van der Waals surface area contributed by atoms with Crippen LogP contribution in [0.25, 0.3) is 10.8 Å². The van der Waals surface area contributed by atoms with E-state index in [9.17, 15) is 9.90 Å². The van der Waals surface area contributed by atoms with Crippen molar-refractivity contribution >= 4 is 22.4 Å². The van der Waals surface area contributed by atoms with Gasteiger partial charge in [-0.25, -0.2) is 0 Å². The molecule has 3 heteroatoms. The topological polar surface area (TPSA) is 49.3 Å². The minimum absolute atomic E-state index is 0.147. The second-order valence-electron chi connectivity index (χ2n) is 4.57. The molecule has 0 bridgehead atoms.